The highest BCUT2D eigenvalue weighted by Crippen LogP contribution is 2.30. The van der Waals surface area contributed by atoms with Crippen LogP contribution in [0.3, 0.4) is 0 Å². The van der Waals surface area contributed by atoms with E-state index in [4.69, 9.17) is 4.74 Å². The Morgan fingerprint density at radius 3 is 2.45 bits per heavy atom. The molecule has 1 aromatic heterocycles. The minimum atomic E-state index is -0.328. The number of ether oxygens (including phenoxy) is 1. The van der Waals surface area contributed by atoms with Gasteiger partial charge in [-0.25, -0.2) is 9.78 Å². The third-order valence-corrected chi connectivity index (χ3v) is 3.82. The molecule has 5 nitrogen and oxygen atoms in total. The van der Waals surface area contributed by atoms with Crippen LogP contribution in [0.25, 0.3) is 0 Å². The van der Waals surface area contributed by atoms with Gasteiger partial charge in [-0.1, -0.05) is 0 Å². The van der Waals surface area contributed by atoms with Crippen LogP contribution in [0.5, 0.6) is 0 Å². The number of pyridine rings is 1. The van der Waals surface area contributed by atoms with Crippen LogP contribution in [-0.4, -0.2) is 34.7 Å². The molecule has 2 rings (SSSR count). The third-order valence-electron chi connectivity index (χ3n) is 3.82. The van der Waals surface area contributed by atoms with Gasteiger partial charge in [-0.3, -0.25) is 0 Å². The summed E-state index contributed by atoms with van der Waals surface area (Å²) in [5.74, 6) is 0.470. The molecule has 0 aromatic carbocycles. The normalized spacial score (nSPS) is 20.4. The molecule has 0 bridgehead atoms. The first-order valence-corrected chi connectivity index (χ1v) is 7.90. The second-order valence-electron chi connectivity index (χ2n) is 7.29. The summed E-state index contributed by atoms with van der Waals surface area (Å²) in [4.78, 5) is 16.0. The van der Waals surface area contributed by atoms with Crippen molar-refractivity contribution in [3.63, 3.8) is 0 Å². The van der Waals surface area contributed by atoms with Crippen molar-refractivity contribution in [2.45, 2.75) is 64.6 Å². The maximum absolute atomic E-state index is 11.6. The molecular weight excluding hydrogens is 278 g/mol. The Morgan fingerprint density at radius 1 is 1.32 bits per heavy atom. The van der Waals surface area contributed by atoms with Gasteiger partial charge in [0.15, 0.2) is 0 Å². The Bertz CT molecular complexity index is 507. The van der Waals surface area contributed by atoms with Gasteiger partial charge in [0.2, 0.25) is 0 Å². The highest BCUT2D eigenvalue weighted by molar-refractivity contribution is 5.89. The molecule has 122 valence electrons. The number of esters is 1. The topological polar surface area (TPSA) is 63.2 Å². The lowest BCUT2D eigenvalue weighted by Crippen LogP contribution is -2.60. The van der Waals surface area contributed by atoms with Crippen LogP contribution in [0.4, 0.5) is 5.82 Å². The van der Waals surface area contributed by atoms with Crippen molar-refractivity contribution in [2.75, 3.05) is 11.9 Å². The third kappa shape index (κ3) is 4.44. The fourth-order valence-corrected chi connectivity index (χ4v) is 3.45. The van der Waals surface area contributed by atoms with Crippen molar-refractivity contribution in [1.29, 1.82) is 0 Å². The number of hydrogen-bond donors (Lipinski definition) is 2. The monoisotopic (exact) mass is 305 g/mol. The number of aromatic nitrogens is 1. The van der Waals surface area contributed by atoms with Crippen molar-refractivity contribution in [1.82, 2.24) is 10.3 Å². The van der Waals surface area contributed by atoms with E-state index in [9.17, 15) is 4.79 Å². The Kier molecular flexibility index (Phi) is 4.75. The summed E-state index contributed by atoms with van der Waals surface area (Å²) < 4.78 is 4.96. The molecule has 1 aliphatic heterocycles. The maximum atomic E-state index is 11.6. The number of hydrogen-bond acceptors (Lipinski definition) is 5. The van der Waals surface area contributed by atoms with Crippen molar-refractivity contribution in [3.8, 4) is 0 Å². The van der Waals surface area contributed by atoms with Crippen molar-refractivity contribution in [2.24, 2.45) is 0 Å². The van der Waals surface area contributed by atoms with E-state index >= 15 is 0 Å². The molecule has 2 N–H and O–H groups in total. The average Bonchev–Trinajstić information content (AvgIpc) is 2.36. The molecule has 1 saturated heterocycles. The molecule has 0 saturated carbocycles. The van der Waals surface area contributed by atoms with Crippen molar-refractivity contribution >= 4 is 11.8 Å². The molecule has 0 amide bonds. The van der Waals surface area contributed by atoms with Gasteiger partial charge in [-0.15, -0.1) is 0 Å². The van der Waals surface area contributed by atoms with Gasteiger partial charge in [-0.2, -0.15) is 0 Å². The van der Waals surface area contributed by atoms with E-state index in [-0.39, 0.29) is 17.0 Å². The van der Waals surface area contributed by atoms with E-state index in [1.54, 1.807) is 19.2 Å². The van der Waals surface area contributed by atoms with Gasteiger partial charge in [0, 0.05) is 23.3 Å². The molecule has 0 aliphatic carbocycles. The zero-order chi connectivity index (χ0) is 16.4. The van der Waals surface area contributed by atoms with Crippen LogP contribution in [0.1, 0.15) is 57.8 Å². The summed E-state index contributed by atoms with van der Waals surface area (Å²) in [6.07, 6.45) is 3.62. The van der Waals surface area contributed by atoms with Crippen molar-refractivity contribution in [3.05, 3.63) is 23.9 Å². The molecule has 1 aliphatic rings. The quantitative estimate of drug-likeness (QED) is 0.837. The van der Waals surface area contributed by atoms with Gasteiger partial charge >= 0.3 is 5.97 Å². The van der Waals surface area contributed by atoms with Gasteiger partial charge in [0.1, 0.15) is 5.82 Å². The lowest BCUT2D eigenvalue weighted by Gasteiger charge is -2.46. The Labute approximate surface area is 132 Å². The first kappa shape index (κ1) is 16.7. The lowest BCUT2D eigenvalue weighted by molar-refractivity contribution is 0.0526. The first-order valence-electron chi connectivity index (χ1n) is 7.90. The van der Waals surface area contributed by atoms with Crippen LogP contribution in [0.2, 0.25) is 0 Å². The number of anilines is 1. The summed E-state index contributed by atoms with van der Waals surface area (Å²) in [7, 11) is 0. The molecule has 2 heterocycles. The van der Waals surface area contributed by atoms with Crippen LogP contribution in [-0.2, 0) is 4.74 Å². The zero-order valence-corrected chi connectivity index (χ0v) is 14.2. The number of carbonyl (C=O) groups is 1. The highest BCUT2D eigenvalue weighted by Gasteiger charge is 2.37. The molecule has 5 heteroatoms. The van der Waals surface area contributed by atoms with E-state index in [0.717, 1.165) is 18.7 Å². The standard InChI is InChI=1S/C17H27N3O2/c1-6-22-15(21)12-7-8-14(18-11-12)19-13-9-16(2,3)20-17(4,5)10-13/h7-8,11,13,20H,6,9-10H2,1-5H3,(H,18,19). The van der Waals surface area contributed by atoms with Crippen LogP contribution < -0.4 is 10.6 Å². The molecule has 22 heavy (non-hydrogen) atoms. The smallest absolute Gasteiger partial charge is 0.339 e. The SMILES string of the molecule is CCOC(=O)c1ccc(NC2CC(C)(C)NC(C)(C)C2)nc1. The summed E-state index contributed by atoms with van der Waals surface area (Å²) in [5.41, 5.74) is 0.660. The van der Waals surface area contributed by atoms with Gasteiger partial charge in [-0.05, 0) is 59.6 Å². The lowest BCUT2D eigenvalue weighted by atomic mass is 9.79. The largest absolute Gasteiger partial charge is 0.462 e. The summed E-state index contributed by atoms with van der Waals surface area (Å²) in [6, 6.07) is 3.95. The van der Waals surface area contributed by atoms with E-state index < -0.39 is 0 Å². The highest BCUT2D eigenvalue weighted by atomic mass is 16.5. The van der Waals surface area contributed by atoms with Gasteiger partial charge < -0.3 is 15.4 Å². The van der Waals surface area contributed by atoms with Crippen LogP contribution >= 0.6 is 0 Å². The number of rotatable bonds is 4. The fourth-order valence-electron chi connectivity index (χ4n) is 3.45. The number of nitrogens with zero attached hydrogens (tertiary/aromatic N) is 1. The summed E-state index contributed by atoms with van der Waals surface area (Å²) in [5, 5.41) is 7.15. The Morgan fingerprint density at radius 2 is 1.95 bits per heavy atom. The average molecular weight is 305 g/mol. The van der Waals surface area contributed by atoms with E-state index in [2.05, 4.69) is 43.3 Å². The van der Waals surface area contributed by atoms with E-state index in [1.807, 2.05) is 6.07 Å². The van der Waals surface area contributed by atoms with Crippen LogP contribution in [0.15, 0.2) is 18.3 Å². The minimum absolute atomic E-state index is 0.0876. The Balaban J connectivity index is 2.03. The molecule has 1 fully saturated rings. The van der Waals surface area contributed by atoms with Gasteiger partial charge in [0.05, 0.1) is 12.2 Å². The summed E-state index contributed by atoms with van der Waals surface area (Å²) >= 11 is 0. The maximum Gasteiger partial charge on any atom is 0.339 e. The number of nitrogens with one attached hydrogen (secondary N) is 2. The fraction of sp³-hybridized carbons (Fsp3) is 0.647. The van der Waals surface area contributed by atoms with E-state index in [1.165, 1.54) is 0 Å². The molecular formula is C17H27N3O2. The predicted molar refractivity (Wildman–Crippen MR) is 88.1 cm³/mol. The van der Waals surface area contributed by atoms with Crippen LogP contribution in [0, 0.1) is 0 Å². The first-order chi connectivity index (χ1) is 10.2. The number of carbonyl (C=O) groups excluding carboxylic acids is 1. The summed E-state index contributed by atoms with van der Waals surface area (Å²) in [6.45, 7) is 11.1. The molecule has 0 atom stereocenters. The Hall–Kier alpha value is -1.62. The minimum Gasteiger partial charge on any atom is -0.462 e. The second kappa shape index (κ2) is 6.24. The predicted octanol–water partition coefficient (Wildman–Crippen LogP) is 2.98. The molecule has 0 radical (unpaired) electrons. The number of piperidine rings is 1. The molecule has 1 aromatic rings. The van der Waals surface area contributed by atoms with E-state index in [0.29, 0.717) is 18.2 Å². The van der Waals surface area contributed by atoms with Crippen molar-refractivity contribution < 1.29 is 9.53 Å². The van der Waals surface area contributed by atoms with Gasteiger partial charge in [0.25, 0.3) is 0 Å². The zero-order valence-electron chi connectivity index (χ0n) is 14.2. The molecule has 0 unspecified atom stereocenters. The second-order valence-corrected chi connectivity index (χ2v) is 7.29. The molecule has 0 spiro atoms.